The first-order chi connectivity index (χ1) is 12.2. The van der Waals surface area contributed by atoms with Crippen LogP contribution in [0, 0.1) is 0 Å². The van der Waals surface area contributed by atoms with Gasteiger partial charge in [-0.1, -0.05) is 18.2 Å². The van der Waals surface area contributed by atoms with Gasteiger partial charge in [0, 0.05) is 48.5 Å². The SMILES string of the molecule is CN1CCN(c2ccc(NC(=O)c3cc4ccccc4[nH]3)cc2)CC1. The molecular formula is C20H22N4O. The standard InChI is InChI=1S/C20H22N4O/c1-23-10-12-24(13-11-23)17-8-6-16(7-9-17)21-20(25)19-14-15-4-2-3-5-18(15)22-19/h2-9,14,22H,10-13H2,1H3,(H,21,25). The number of aromatic amines is 1. The second kappa shape index (κ2) is 6.61. The summed E-state index contributed by atoms with van der Waals surface area (Å²) < 4.78 is 0. The number of aromatic nitrogens is 1. The van der Waals surface area contributed by atoms with Crippen LogP contribution >= 0.6 is 0 Å². The van der Waals surface area contributed by atoms with Crippen LogP contribution in [-0.4, -0.2) is 49.0 Å². The first-order valence-corrected chi connectivity index (χ1v) is 8.62. The predicted molar refractivity (Wildman–Crippen MR) is 102 cm³/mol. The smallest absolute Gasteiger partial charge is 0.272 e. The maximum atomic E-state index is 12.4. The zero-order chi connectivity index (χ0) is 17.2. The number of hydrogen-bond donors (Lipinski definition) is 2. The molecule has 1 aliphatic rings. The van der Waals surface area contributed by atoms with E-state index < -0.39 is 0 Å². The van der Waals surface area contributed by atoms with Gasteiger partial charge in [0.15, 0.2) is 0 Å². The average Bonchev–Trinajstić information content (AvgIpc) is 3.07. The van der Waals surface area contributed by atoms with Crippen LogP contribution in [0.15, 0.2) is 54.6 Å². The molecule has 5 heteroatoms. The van der Waals surface area contributed by atoms with Crippen LogP contribution in [0.3, 0.4) is 0 Å². The molecule has 1 saturated heterocycles. The molecular weight excluding hydrogens is 312 g/mol. The van der Waals surface area contributed by atoms with E-state index in [0.717, 1.165) is 42.8 Å². The Bertz CT molecular complexity index is 843. The monoisotopic (exact) mass is 334 g/mol. The molecule has 25 heavy (non-hydrogen) atoms. The Morgan fingerprint density at radius 3 is 2.44 bits per heavy atom. The number of benzene rings is 2. The van der Waals surface area contributed by atoms with Crippen molar-refractivity contribution in [2.24, 2.45) is 0 Å². The molecule has 1 aromatic heterocycles. The van der Waals surface area contributed by atoms with Crippen molar-refractivity contribution in [1.82, 2.24) is 9.88 Å². The van der Waals surface area contributed by atoms with E-state index >= 15 is 0 Å². The molecule has 128 valence electrons. The predicted octanol–water partition coefficient (Wildman–Crippen LogP) is 3.17. The highest BCUT2D eigenvalue weighted by molar-refractivity contribution is 6.05. The maximum Gasteiger partial charge on any atom is 0.272 e. The Balaban J connectivity index is 1.44. The molecule has 2 aromatic carbocycles. The summed E-state index contributed by atoms with van der Waals surface area (Å²) in [6.07, 6.45) is 0. The van der Waals surface area contributed by atoms with E-state index in [-0.39, 0.29) is 5.91 Å². The van der Waals surface area contributed by atoms with Gasteiger partial charge in [0.25, 0.3) is 5.91 Å². The van der Waals surface area contributed by atoms with Gasteiger partial charge in [0.1, 0.15) is 5.69 Å². The third kappa shape index (κ3) is 3.37. The van der Waals surface area contributed by atoms with Gasteiger partial charge in [0.05, 0.1) is 0 Å². The van der Waals surface area contributed by atoms with E-state index in [4.69, 9.17) is 0 Å². The summed E-state index contributed by atoms with van der Waals surface area (Å²) >= 11 is 0. The molecule has 0 radical (unpaired) electrons. The van der Waals surface area contributed by atoms with Gasteiger partial charge >= 0.3 is 0 Å². The van der Waals surface area contributed by atoms with Gasteiger partial charge in [-0.25, -0.2) is 0 Å². The quantitative estimate of drug-likeness (QED) is 0.773. The van der Waals surface area contributed by atoms with Crippen molar-refractivity contribution < 1.29 is 4.79 Å². The highest BCUT2D eigenvalue weighted by atomic mass is 16.1. The molecule has 0 atom stereocenters. The Morgan fingerprint density at radius 1 is 1.00 bits per heavy atom. The van der Waals surface area contributed by atoms with Gasteiger partial charge in [-0.15, -0.1) is 0 Å². The minimum Gasteiger partial charge on any atom is -0.369 e. The van der Waals surface area contributed by atoms with E-state index in [9.17, 15) is 4.79 Å². The van der Waals surface area contributed by atoms with Gasteiger partial charge in [0.2, 0.25) is 0 Å². The molecule has 1 fully saturated rings. The fourth-order valence-electron chi connectivity index (χ4n) is 3.21. The van der Waals surface area contributed by atoms with Crippen LogP contribution in [0.2, 0.25) is 0 Å². The van der Waals surface area contributed by atoms with Crippen molar-refractivity contribution in [2.45, 2.75) is 0 Å². The third-order valence-corrected chi connectivity index (χ3v) is 4.77. The van der Waals surface area contributed by atoms with Gasteiger partial charge in [-0.2, -0.15) is 0 Å². The van der Waals surface area contributed by atoms with Crippen LogP contribution < -0.4 is 10.2 Å². The van der Waals surface area contributed by atoms with Crippen LogP contribution in [0.4, 0.5) is 11.4 Å². The van der Waals surface area contributed by atoms with Crippen LogP contribution in [-0.2, 0) is 0 Å². The largest absolute Gasteiger partial charge is 0.369 e. The topological polar surface area (TPSA) is 51.4 Å². The molecule has 0 spiro atoms. The molecule has 1 amide bonds. The number of hydrogen-bond acceptors (Lipinski definition) is 3. The molecule has 0 aliphatic carbocycles. The lowest BCUT2D eigenvalue weighted by atomic mass is 10.2. The fourth-order valence-corrected chi connectivity index (χ4v) is 3.21. The van der Waals surface area contributed by atoms with E-state index in [0.29, 0.717) is 5.69 Å². The molecule has 0 unspecified atom stereocenters. The molecule has 2 heterocycles. The lowest BCUT2D eigenvalue weighted by Crippen LogP contribution is -2.44. The highest BCUT2D eigenvalue weighted by Crippen LogP contribution is 2.20. The molecule has 5 nitrogen and oxygen atoms in total. The van der Waals surface area contributed by atoms with Crippen molar-refractivity contribution in [1.29, 1.82) is 0 Å². The number of anilines is 2. The number of likely N-dealkylation sites (N-methyl/N-ethyl adjacent to an activating group) is 1. The molecule has 0 bridgehead atoms. The zero-order valence-electron chi connectivity index (χ0n) is 14.3. The number of fused-ring (bicyclic) bond motifs is 1. The van der Waals surface area contributed by atoms with Crippen LogP contribution in [0.1, 0.15) is 10.5 Å². The van der Waals surface area contributed by atoms with Crippen molar-refractivity contribution in [3.05, 3.63) is 60.3 Å². The molecule has 0 saturated carbocycles. The van der Waals surface area contributed by atoms with Crippen molar-refractivity contribution in [2.75, 3.05) is 43.4 Å². The number of para-hydroxylation sites is 1. The first-order valence-electron chi connectivity index (χ1n) is 8.62. The number of rotatable bonds is 3. The van der Waals surface area contributed by atoms with Crippen molar-refractivity contribution >= 4 is 28.2 Å². The molecule has 1 aliphatic heterocycles. The normalized spacial score (nSPS) is 15.5. The van der Waals surface area contributed by atoms with Gasteiger partial charge in [-0.3, -0.25) is 4.79 Å². The number of piperazine rings is 1. The fraction of sp³-hybridized carbons (Fsp3) is 0.250. The summed E-state index contributed by atoms with van der Waals surface area (Å²) in [5, 5.41) is 4.00. The zero-order valence-corrected chi connectivity index (χ0v) is 14.3. The number of nitrogens with zero attached hydrogens (tertiary/aromatic N) is 2. The van der Waals surface area contributed by atoms with Crippen molar-refractivity contribution in [3.8, 4) is 0 Å². The molecule has 3 aromatic rings. The minimum atomic E-state index is -0.122. The lowest BCUT2D eigenvalue weighted by molar-refractivity contribution is 0.102. The van der Waals surface area contributed by atoms with Gasteiger partial charge in [-0.05, 0) is 43.4 Å². The number of H-pyrrole nitrogens is 1. The first kappa shape index (κ1) is 15.7. The Labute approximate surface area is 147 Å². The van der Waals surface area contributed by atoms with E-state index in [1.807, 2.05) is 42.5 Å². The number of carbonyl (C=O) groups is 1. The van der Waals surface area contributed by atoms with E-state index in [1.54, 1.807) is 0 Å². The lowest BCUT2D eigenvalue weighted by Gasteiger charge is -2.34. The summed E-state index contributed by atoms with van der Waals surface area (Å²) in [6, 6.07) is 17.8. The summed E-state index contributed by atoms with van der Waals surface area (Å²) in [6.45, 7) is 4.24. The summed E-state index contributed by atoms with van der Waals surface area (Å²) in [4.78, 5) is 20.3. The number of carbonyl (C=O) groups excluding carboxylic acids is 1. The summed E-state index contributed by atoms with van der Waals surface area (Å²) in [7, 11) is 2.15. The summed E-state index contributed by atoms with van der Waals surface area (Å²) in [5.74, 6) is -0.122. The van der Waals surface area contributed by atoms with Crippen molar-refractivity contribution in [3.63, 3.8) is 0 Å². The highest BCUT2D eigenvalue weighted by Gasteiger charge is 2.14. The van der Waals surface area contributed by atoms with Crippen LogP contribution in [0.25, 0.3) is 10.9 Å². The third-order valence-electron chi connectivity index (χ3n) is 4.77. The Kier molecular flexibility index (Phi) is 4.15. The maximum absolute atomic E-state index is 12.4. The minimum absolute atomic E-state index is 0.122. The second-order valence-electron chi connectivity index (χ2n) is 6.56. The van der Waals surface area contributed by atoms with E-state index in [1.165, 1.54) is 5.69 Å². The Hall–Kier alpha value is -2.79. The second-order valence-corrected chi connectivity index (χ2v) is 6.56. The molecule has 2 N–H and O–H groups in total. The van der Waals surface area contributed by atoms with Crippen LogP contribution in [0.5, 0.6) is 0 Å². The average molecular weight is 334 g/mol. The number of nitrogens with one attached hydrogen (secondary N) is 2. The van der Waals surface area contributed by atoms with E-state index in [2.05, 4.69) is 39.3 Å². The Morgan fingerprint density at radius 2 is 1.72 bits per heavy atom. The number of amides is 1. The molecule has 4 rings (SSSR count). The van der Waals surface area contributed by atoms with Gasteiger partial charge < -0.3 is 20.1 Å². The summed E-state index contributed by atoms with van der Waals surface area (Å²) in [5.41, 5.74) is 3.56.